The summed E-state index contributed by atoms with van der Waals surface area (Å²) in [7, 11) is 0. The molecule has 0 radical (unpaired) electrons. The molecule has 3 N–H and O–H groups in total. The molecule has 0 spiro atoms. The molecule has 120 valence electrons. The number of ether oxygens (including phenoxy) is 1. The number of rotatable bonds is 5. The van der Waals surface area contributed by atoms with Crippen LogP contribution in [0, 0.1) is 13.8 Å². The number of nitrogens with one attached hydrogen (secondary N) is 1. The van der Waals surface area contributed by atoms with Gasteiger partial charge in [-0.1, -0.05) is 18.2 Å². The summed E-state index contributed by atoms with van der Waals surface area (Å²) in [6, 6.07) is 12.5. The van der Waals surface area contributed by atoms with E-state index in [0.29, 0.717) is 22.6 Å². The second kappa shape index (κ2) is 6.96. The highest BCUT2D eigenvalue weighted by molar-refractivity contribution is 5.99. The van der Waals surface area contributed by atoms with E-state index in [1.807, 2.05) is 25.1 Å². The maximum atomic E-state index is 12.3. The van der Waals surface area contributed by atoms with Gasteiger partial charge < -0.3 is 15.8 Å². The fourth-order valence-corrected chi connectivity index (χ4v) is 2.22. The summed E-state index contributed by atoms with van der Waals surface area (Å²) in [6.07, 6.45) is -0.673. The number of amides is 2. The van der Waals surface area contributed by atoms with Gasteiger partial charge in [-0.25, -0.2) is 0 Å². The minimum Gasteiger partial charge on any atom is -0.481 e. The van der Waals surface area contributed by atoms with Crippen molar-refractivity contribution in [1.82, 2.24) is 0 Å². The first-order valence-corrected chi connectivity index (χ1v) is 7.32. The fraction of sp³-hybridized carbons (Fsp3) is 0.222. The third kappa shape index (κ3) is 4.10. The van der Waals surface area contributed by atoms with Gasteiger partial charge in [0, 0.05) is 11.3 Å². The van der Waals surface area contributed by atoms with Crippen molar-refractivity contribution in [2.75, 3.05) is 5.32 Å². The van der Waals surface area contributed by atoms with E-state index in [1.54, 1.807) is 38.1 Å². The van der Waals surface area contributed by atoms with Gasteiger partial charge in [-0.2, -0.15) is 0 Å². The largest absolute Gasteiger partial charge is 0.481 e. The van der Waals surface area contributed by atoms with Crippen molar-refractivity contribution in [3.8, 4) is 5.75 Å². The number of nitrogens with two attached hydrogens (primary N) is 1. The molecule has 0 fully saturated rings. The number of aryl methyl sites for hydroxylation is 1. The van der Waals surface area contributed by atoms with Crippen molar-refractivity contribution in [3.05, 3.63) is 59.2 Å². The minimum absolute atomic E-state index is 0.295. The predicted molar refractivity (Wildman–Crippen MR) is 89.6 cm³/mol. The van der Waals surface area contributed by atoms with Crippen LogP contribution in [0.25, 0.3) is 0 Å². The van der Waals surface area contributed by atoms with E-state index in [1.165, 1.54) is 0 Å². The van der Waals surface area contributed by atoms with Crippen LogP contribution in [-0.2, 0) is 4.79 Å². The van der Waals surface area contributed by atoms with Gasteiger partial charge >= 0.3 is 0 Å². The lowest BCUT2D eigenvalue weighted by Gasteiger charge is -2.16. The summed E-state index contributed by atoms with van der Waals surface area (Å²) in [5.74, 6) is -0.186. The van der Waals surface area contributed by atoms with Crippen molar-refractivity contribution in [3.63, 3.8) is 0 Å². The molecule has 0 aromatic heterocycles. The van der Waals surface area contributed by atoms with Gasteiger partial charge in [0.2, 0.25) is 5.91 Å². The number of hydrogen-bond acceptors (Lipinski definition) is 3. The number of carbonyl (C=O) groups excluding carboxylic acids is 2. The maximum Gasteiger partial charge on any atom is 0.265 e. The molecule has 2 amide bonds. The molecule has 2 aromatic rings. The molecule has 0 saturated carbocycles. The lowest BCUT2D eigenvalue weighted by molar-refractivity contribution is -0.122. The Morgan fingerprint density at radius 3 is 2.48 bits per heavy atom. The second-order valence-electron chi connectivity index (χ2n) is 5.41. The van der Waals surface area contributed by atoms with Crippen LogP contribution < -0.4 is 15.8 Å². The molecular formula is C18H20N2O3. The van der Waals surface area contributed by atoms with Gasteiger partial charge in [0.25, 0.3) is 5.91 Å². The standard InChI is InChI=1S/C18H20N2O3/c1-11-6-4-7-14(10-11)23-13(3)18(22)20-16-9-5-8-15(12(16)2)17(19)21/h4-10,13H,1-3H3,(H2,19,21)(H,20,22)/t13-/m0/s1. The van der Waals surface area contributed by atoms with Crippen molar-refractivity contribution in [1.29, 1.82) is 0 Å². The van der Waals surface area contributed by atoms with Gasteiger partial charge in [-0.3, -0.25) is 9.59 Å². The summed E-state index contributed by atoms with van der Waals surface area (Å²) in [6.45, 7) is 5.36. The van der Waals surface area contributed by atoms with Crippen LogP contribution in [0.4, 0.5) is 5.69 Å². The van der Waals surface area contributed by atoms with E-state index < -0.39 is 12.0 Å². The average molecular weight is 312 g/mol. The Bertz CT molecular complexity index is 741. The van der Waals surface area contributed by atoms with Gasteiger partial charge in [-0.05, 0) is 56.2 Å². The lowest BCUT2D eigenvalue weighted by atomic mass is 10.1. The maximum absolute atomic E-state index is 12.3. The zero-order valence-electron chi connectivity index (χ0n) is 13.4. The van der Waals surface area contributed by atoms with Crippen LogP contribution in [0.5, 0.6) is 5.75 Å². The molecule has 23 heavy (non-hydrogen) atoms. The van der Waals surface area contributed by atoms with E-state index in [-0.39, 0.29) is 5.91 Å². The van der Waals surface area contributed by atoms with Crippen molar-refractivity contribution < 1.29 is 14.3 Å². The SMILES string of the molecule is Cc1cccc(O[C@@H](C)C(=O)Nc2cccc(C(N)=O)c2C)c1. The zero-order valence-corrected chi connectivity index (χ0v) is 13.4. The highest BCUT2D eigenvalue weighted by Gasteiger charge is 2.17. The Kier molecular flexibility index (Phi) is 5.01. The Morgan fingerprint density at radius 1 is 1.13 bits per heavy atom. The monoisotopic (exact) mass is 312 g/mol. The number of carbonyl (C=O) groups is 2. The number of benzene rings is 2. The van der Waals surface area contributed by atoms with E-state index in [2.05, 4.69) is 5.32 Å². The zero-order chi connectivity index (χ0) is 17.0. The quantitative estimate of drug-likeness (QED) is 0.890. The van der Waals surface area contributed by atoms with Crippen LogP contribution in [-0.4, -0.2) is 17.9 Å². The summed E-state index contributed by atoms with van der Waals surface area (Å²) in [5.41, 5.74) is 7.94. The molecule has 0 saturated heterocycles. The van der Waals surface area contributed by atoms with Crippen LogP contribution in [0.15, 0.2) is 42.5 Å². The fourth-order valence-electron chi connectivity index (χ4n) is 2.22. The summed E-state index contributed by atoms with van der Waals surface area (Å²) >= 11 is 0. The third-order valence-electron chi connectivity index (χ3n) is 3.53. The first kappa shape index (κ1) is 16.5. The first-order valence-electron chi connectivity index (χ1n) is 7.32. The van der Waals surface area contributed by atoms with Gasteiger partial charge in [-0.15, -0.1) is 0 Å². The Labute approximate surface area is 135 Å². The van der Waals surface area contributed by atoms with Crippen LogP contribution in [0.1, 0.15) is 28.4 Å². The van der Waals surface area contributed by atoms with Crippen molar-refractivity contribution >= 4 is 17.5 Å². The molecule has 0 heterocycles. The van der Waals surface area contributed by atoms with E-state index >= 15 is 0 Å². The van der Waals surface area contributed by atoms with E-state index in [0.717, 1.165) is 5.56 Å². The minimum atomic E-state index is -0.673. The summed E-state index contributed by atoms with van der Waals surface area (Å²) < 4.78 is 5.64. The van der Waals surface area contributed by atoms with Gasteiger partial charge in [0.1, 0.15) is 5.75 Å². The van der Waals surface area contributed by atoms with E-state index in [9.17, 15) is 9.59 Å². The third-order valence-corrected chi connectivity index (χ3v) is 3.53. The molecule has 0 aliphatic heterocycles. The molecule has 2 rings (SSSR count). The Hall–Kier alpha value is -2.82. The highest BCUT2D eigenvalue weighted by atomic mass is 16.5. The summed E-state index contributed by atoms with van der Waals surface area (Å²) in [5, 5.41) is 2.77. The highest BCUT2D eigenvalue weighted by Crippen LogP contribution is 2.20. The van der Waals surface area contributed by atoms with Gasteiger partial charge in [0.15, 0.2) is 6.10 Å². The molecule has 1 atom stereocenters. The smallest absolute Gasteiger partial charge is 0.265 e. The summed E-state index contributed by atoms with van der Waals surface area (Å²) in [4.78, 5) is 23.6. The molecule has 0 unspecified atom stereocenters. The Morgan fingerprint density at radius 2 is 1.83 bits per heavy atom. The first-order chi connectivity index (χ1) is 10.9. The van der Waals surface area contributed by atoms with Crippen LogP contribution in [0.2, 0.25) is 0 Å². The number of anilines is 1. The number of primary amides is 1. The topological polar surface area (TPSA) is 81.4 Å². The van der Waals surface area contributed by atoms with E-state index in [4.69, 9.17) is 10.5 Å². The van der Waals surface area contributed by atoms with Gasteiger partial charge in [0.05, 0.1) is 0 Å². The molecular weight excluding hydrogens is 292 g/mol. The normalized spacial score (nSPS) is 11.6. The van der Waals surface area contributed by atoms with Crippen LogP contribution in [0.3, 0.4) is 0 Å². The second-order valence-corrected chi connectivity index (χ2v) is 5.41. The van der Waals surface area contributed by atoms with Crippen molar-refractivity contribution in [2.45, 2.75) is 26.9 Å². The lowest BCUT2D eigenvalue weighted by Crippen LogP contribution is -2.30. The molecule has 5 heteroatoms. The Balaban J connectivity index is 2.10. The molecule has 0 aliphatic carbocycles. The molecule has 0 aliphatic rings. The van der Waals surface area contributed by atoms with Crippen LogP contribution >= 0.6 is 0 Å². The number of hydrogen-bond donors (Lipinski definition) is 2. The molecule has 2 aromatic carbocycles. The average Bonchev–Trinajstić information content (AvgIpc) is 2.49. The predicted octanol–water partition coefficient (Wildman–Crippen LogP) is 2.81. The molecule has 5 nitrogen and oxygen atoms in total. The van der Waals surface area contributed by atoms with Crippen molar-refractivity contribution in [2.24, 2.45) is 5.73 Å². The molecule has 0 bridgehead atoms.